The molecule has 0 saturated heterocycles. The minimum atomic E-state index is 0.558. The molecule has 0 aliphatic heterocycles. The Kier molecular flexibility index (Phi) is 10.1. The zero-order valence-corrected chi connectivity index (χ0v) is 25.7. The number of rotatable bonds is 0. The van der Waals surface area contributed by atoms with Crippen molar-refractivity contribution in [2.45, 2.75) is 154 Å². The second-order valence-electron chi connectivity index (χ2n) is 13.6. The van der Waals surface area contributed by atoms with Crippen molar-refractivity contribution in [3.63, 3.8) is 0 Å². The van der Waals surface area contributed by atoms with Crippen LogP contribution in [0.2, 0.25) is 0 Å². The van der Waals surface area contributed by atoms with E-state index < -0.39 is 0 Å². The Hall–Kier alpha value is -0.260. The van der Waals surface area contributed by atoms with Crippen molar-refractivity contribution in [1.29, 1.82) is 0 Å². The van der Waals surface area contributed by atoms with Crippen molar-refractivity contribution in [2.24, 2.45) is 51.2 Å². The second-order valence-corrected chi connectivity index (χ2v) is 13.6. The summed E-state index contributed by atoms with van der Waals surface area (Å²) in [4.78, 5) is 0. The fourth-order valence-electron chi connectivity index (χ4n) is 10.2. The van der Waals surface area contributed by atoms with Crippen LogP contribution in [0.3, 0.4) is 0 Å². The summed E-state index contributed by atoms with van der Waals surface area (Å²) in [6.07, 6.45) is 19.1. The molecule has 5 rings (SSSR count). The third kappa shape index (κ3) is 4.84. The van der Waals surface area contributed by atoms with Crippen molar-refractivity contribution >= 4 is 0 Å². The fraction of sp³-hybridized carbons (Fsp3) is 0.941. The Labute approximate surface area is 216 Å². The summed E-state index contributed by atoms with van der Waals surface area (Å²) in [6, 6.07) is 0. The summed E-state index contributed by atoms with van der Waals surface area (Å²) in [5.74, 6) is 4.62. The van der Waals surface area contributed by atoms with Gasteiger partial charge in [0.15, 0.2) is 0 Å². The van der Waals surface area contributed by atoms with Crippen LogP contribution in [0.25, 0.3) is 0 Å². The SMILES string of the molecule is CC.CC.CC.CC1CCC2(C)CCC3C(=CCC4C3(C)CCC3C(C)(C)CCCC34C)C2C1. The molecule has 0 heterocycles. The predicted octanol–water partition coefficient (Wildman–Crippen LogP) is 11.5. The quantitative estimate of drug-likeness (QED) is 0.307. The average Bonchev–Trinajstić information content (AvgIpc) is 2.82. The van der Waals surface area contributed by atoms with E-state index in [-0.39, 0.29) is 0 Å². The predicted molar refractivity (Wildman–Crippen MR) is 154 cm³/mol. The molecule has 4 saturated carbocycles. The van der Waals surface area contributed by atoms with E-state index >= 15 is 0 Å². The second kappa shape index (κ2) is 11.4. The summed E-state index contributed by atoms with van der Waals surface area (Å²) >= 11 is 0. The van der Waals surface area contributed by atoms with E-state index in [1.54, 1.807) is 0 Å². The van der Waals surface area contributed by atoms with Gasteiger partial charge in [-0.15, -0.1) is 0 Å². The highest BCUT2D eigenvalue weighted by Crippen LogP contribution is 2.71. The van der Waals surface area contributed by atoms with Crippen molar-refractivity contribution in [2.75, 3.05) is 0 Å². The van der Waals surface area contributed by atoms with E-state index in [4.69, 9.17) is 0 Å². The molecule has 0 bridgehead atoms. The van der Waals surface area contributed by atoms with Gasteiger partial charge in [-0.25, -0.2) is 0 Å². The first-order valence-corrected chi connectivity index (χ1v) is 15.8. The first-order chi connectivity index (χ1) is 16.1. The molecule has 8 atom stereocenters. The lowest BCUT2D eigenvalue weighted by molar-refractivity contribution is -0.153. The molecule has 0 heteroatoms. The molecule has 0 spiro atoms. The Bertz CT molecular complexity index is 670. The first kappa shape index (κ1) is 30.0. The minimum absolute atomic E-state index is 0.558. The zero-order valence-electron chi connectivity index (χ0n) is 25.7. The van der Waals surface area contributed by atoms with Gasteiger partial charge < -0.3 is 0 Å². The van der Waals surface area contributed by atoms with E-state index in [2.05, 4.69) is 47.6 Å². The molecule has 5 aliphatic rings. The van der Waals surface area contributed by atoms with E-state index in [0.717, 1.165) is 29.6 Å². The van der Waals surface area contributed by atoms with Crippen LogP contribution in [0.15, 0.2) is 11.6 Å². The topological polar surface area (TPSA) is 0 Å². The maximum Gasteiger partial charge on any atom is -0.0143 e. The van der Waals surface area contributed by atoms with Crippen LogP contribution in [0.4, 0.5) is 0 Å². The molecule has 8 unspecified atom stereocenters. The van der Waals surface area contributed by atoms with Gasteiger partial charge in [0.2, 0.25) is 0 Å². The Morgan fingerprint density at radius 2 is 1.26 bits per heavy atom. The molecule has 0 aromatic heterocycles. The lowest BCUT2D eigenvalue weighted by Crippen LogP contribution is -2.59. The van der Waals surface area contributed by atoms with Crippen molar-refractivity contribution < 1.29 is 0 Å². The third-order valence-corrected chi connectivity index (χ3v) is 11.7. The van der Waals surface area contributed by atoms with Crippen molar-refractivity contribution in [3.8, 4) is 0 Å². The van der Waals surface area contributed by atoms with Gasteiger partial charge in [0, 0.05) is 0 Å². The molecular formula is C34H64. The number of fused-ring (bicyclic) bond motifs is 7. The molecular weight excluding hydrogens is 408 g/mol. The van der Waals surface area contributed by atoms with Crippen molar-refractivity contribution in [3.05, 3.63) is 11.6 Å². The molecule has 5 aliphatic carbocycles. The van der Waals surface area contributed by atoms with Gasteiger partial charge in [-0.2, -0.15) is 0 Å². The van der Waals surface area contributed by atoms with Gasteiger partial charge in [0.25, 0.3) is 0 Å². The molecule has 0 nitrogen and oxygen atoms in total. The van der Waals surface area contributed by atoms with Gasteiger partial charge in [0.1, 0.15) is 0 Å². The first-order valence-electron chi connectivity index (χ1n) is 15.8. The molecule has 200 valence electrons. The molecule has 0 aromatic carbocycles. The van der Waals surface area contributed by atoms with E-state index in [0.29, 0.717) is 21.7 Å². The van der Waals surface area contributed by atoms with Crippen LogP contribution < -0.4 is 0 Å². The summed E-state index contributed by atoms with van der Waals surface area (Å²) in [5, 5.41) is 0. The van der Waals surface area contributed by atoms with Gasteiger partial charge in [-0.3, -0.25) is 0 Å². The van der Waals surface area contributed by atoms with Crippen molar-refractivity contribution in [1.82, 2.24) is 0 Å². The summed E-state index contributed by atoms with van der Waals surface area (Å²) < 4.78 is 0. The van der Waals surface area contributed by atoms with Gasteiger partial charge in [0.05, 0.1) is 0 Å². The molecule has 0 aromatic rings. The molecule has 0 N–H and O–H groups in total. The number of hydrogen-bond donors (Lipinski definition) is 0. The van der Waals surface area contributed by atoms with Gasteiger partial charge in [-0.05, 0) is 109 Å². The Morgan fingerprint density at radius 1 is 0.647 bits per heavy atom. The van der Waals surface area contributed by atoms with Crippen LogP contribution in [0.5, 0.6) is 0 Å². The Balaban J connectivity index is 0.000000633. The summed E-state index contributed by atoms with van der Waals surface area (Å²) in [7, 11) is 0. The van der Waals surface area contributed by atoms with Crippen LogP contribution >= 0.6 is 0 Å². The van der Waals surface area contributed by atoms with E-state index in [9.17, 15) is 0 Å². The lowest BCUT2D eigenvalue weighted by Gasteiger charge is -2.67. The number of allylic oxidation sites excluding steroid dienone is 2. The highest BCUT2D eigenvalue weighted by molar-refractivity contribution is 5.28. The normalized spacial score (nSPS) is 46.0. The Morgan fingerprint density at radius 3 is 1.91 bits per heavy atom. The van der Waals surface area contributed by atoms with Gasteiger partial charge in [-0.1, -0.05) is 108 Å². The van der Waals surface area contributed by atoms with Gasteiger partial charge >= 0.3 is 0 Å². The van der Waals surface area contributed by atoms with Crippen LogP contribution in [-0.2, 0) is 0 Å². The molecule has 4 fully saturated rings. The van der Waals surface area contributed by atoms with Crippen LogP contribution in [0.1, 0.15) is 154 Å². The smallest absolute Gasteiger partial charge is 0.0143 e. The minimum Gasteiger partial charge on any atom is -0.0844 e. The maximum absolute atomic E-state index is 2.84. The lowest BCUT2D eigenvalue weighted by atomic mass is 9.37. The highest BCUT2D eigenvalue weighted by Gasteiger charge is 2.62. The molecule has 0 amide bonds. The maximum atomic E-state index is 2.84. The monoisotopic (exact) mass is 473 g/mol. The fourth-order valence-corrected chi connectivity index (χ4v) is 10.2. The van der Waals surface area contributed by atoms with E-state index in [1.165, 1.54) is 70.6 Å². The molecule has 0 radical (unpaired) electrons. The van der Waals surface area contributed by atoms with Crippen LogP contribution in [-0.4, -0.2) is 0 Å². The largest absolute Gasteiger partial charge is 0.0844 e. The molecule has 34 heavy (non-hydrogen) atoms. The third-order valence-electron chi connectivity index (χ3n) is 11.7. The zero-order chi connectivity index (χ0) is 25.9. The average molecular weight is 473 g/mol. The number of hydrogen-bond acceptors (Lipinski definition) is 0. The van der Waals surface area contributed by atoms with Crippen LogP contribution in [0, 0.1) is 51.2 Å². The van der Waals surface area contributed by atoms with E-state index in [1.807, 2.05) is 47.1 Å². The summed E-state index contributed by atoms with van der Waals surface area (Å²) in [5.41, 5.74) is 4.28. The highest BCUT2D eigenvalue weighted by atomic mass is 14.7. The standard InChI is InChI=1S/C28H46.3C2H6/c1-19-10-15-26(4)16-11-21-20(22(26)18-19)8-9-24-27(21,5)17-12-23-25(2,3)13-7-14-28(23,24)6;3*1-2/h8,19,21-24H,7,9-18H2,1-6H3;3*1-2H3. The summed E-state index contributed by atoms with van der Waals surface area (Å²) in [6.45, 7) is 27.8.